The number of nitrogens with zero attached hydrogens (tertiary/aromatic N) is 2. The van der Waals surface area contributed by atoms with Crippen LogP contribution in [0.1, 0.15) is 30.9 Å². The first-order valence-electron chi connectivity index (χ1n) is 8.86. The Morgan fingerprint density at radius 3 is 2.15 bits per heavy atom. The zero-order valence-corrected chi connectivity index (χ0v) is 16.0. The van der Waals surface area contributed by atoms with E-state index in [0.717, 1.165) is 24.1 Å². The number of anilines is 1. The number of carbonyl (C=O) groups is 1. The second-order valence-electron chi connectivity index (χ2n) is 6.57. The molecule has 6 heteroatoms. The lowest BCUT2D eigenvalue weighted by atomic mass is 10.1. The minimum atomic E-state index is -3.58. The van der Waals surface area contributed by atoms with Gasteiger partial charge in [0.15, 0.2) is 0 Å². The van der Waals surface area contributed by atoms with Crippen LogP contribution in [0.15, 0.2) is 53.4 Å². The summed E-state index contributed by atoms with van der Waals surface area (Å²) >= 11 is 0. The first-order valence-corrected chi connectivity index (χ1v) is 10.3. The molecule has 0 unspecified atom stereocenters. The van der Waals surface area contributed by atoms with Crippen LogP contribution in [0.2, 0.25) is 0 Å². The minimum Gasteiger partial charge on any atom is -0.312 e. The maximum absolute atomic E-state index is 12.8. The number of carbonyl (C=O) groups excluding carboxylic acids is 1. The monoisotopic (exact) mass is 372 g/mol. The van der Waals surface area contributed by atoms with E-state index in [1.165, 1.54) is 9.87 Å². The summed E-state index contributed by atoms with van der Waals surface area (Å²) in [6.07, 6.45) is 2.36. The highest BCUT2D eigenvalue weighted by atomic mass is 32.2. The molecule has 0 bridgehead atoms. The largest absolute Gasteiger partial charge is 0.312 e. The van der Waals surface area contributed by atoms with Gasteiger partial charge in [-0.05, 0) is 48.2 Å². The zero-order valence-electron chi connectivity index (χ0n) is 15.2. The van der Waals surface area contributed by atoms with E-state index in [0.29, 0.717) is 19.5 Å². The highest BCUT2D eigenvalue weighted by molar-refractivity contribution is 7.89. The van der Waals surface area contributed by atoms with Gasteiger partial charge in [-0.25, -0.2) is 8.42 Å². The van der Waals surface area contributed by atoms with Gasteiger partial charge in [-0.1, -0.05) is 31.2 Å². The Labute approximate surface area is 155 Å². The van der Waals surface area contributed by atoms with Gasteiger partial charge < -0.3 is 4.90 Å². The summed E-state index contributed by atoms with van der Waals surface area (Å²) < 4.78 is 27.0. The van der Waals surface area contributed by atoms with Crippen molar-refractivity contribution in [3.63, 3.8) is 0 Å². The molecule has 2 aromatic rings. The summed E-state index contributed by atoms with van der Waals surface area (Å²) in [6.45, 7) is 3.10. The van der Waals surface area contributed by atoms with E-state index in [-0.39, 0.29) is 10.8 Å². The molecule has 0 radical (unpaired) electrons. The van der Waals surface area contributed by atoms with Crippen LogP contribution >= 0.6 is 0 Å². The van der Waals surface area contributed by atoms with Crippen molar-refractivity contribution in [2.24, 2.45) is 0 Å². The summed E-state index contributed by atoms with van der Waals surface area (Å²) in [7, 11) is -1.99. The molecule has 5 nitrogen and oxygen atoms in total. The molecular formula is C20H24N2O3S. The topological polar surface area (TPSA) is 57.7 Å². The van der Waals surface area contributed by atoms with Gasteiger partial charge in [-0.2, -0.15) is 4.31 Å². The predicted octanol–water partition coefficient (Wildman–Crippen LogP) is 3.20. The maximum atomic E-state index is 12.8. The first kappa shape index (κ1) is 18.6. The first-order chi connectivity index (χ1) is 12.4. The van der Waals surface area contributed by atoms with Crippen LogP contribution in [-0.4, -0.2) is 32.2 Å². The van der Waals surface area contributed by atoms with E-state index < -0.39 is 10.0 Å². The van der Waals surface area contributed by atoms with Crippen LogP contribution < -0.4 is 4.90 Å². The highest BCUT2D eigenvalue weighted by Crippen LogP contribution is 2.24. The van der Waals surface area contributed by atoms with Crippen LogP contribution in [0.25, 0.3) is 0 Å². The SMILES string of the molecule is CCc1ccc(CN(C)S(=O)(=O)c2ccc(N3CCCC3=O)cc2)cc1. The Kier molecular flexibility index (Phi) is 5.44. The fraction of sp³-hybridized carbons (Fsp3) is 0.350. The average molecular weight is 372 g/mol. The smallest absolute Gasteiger partial charge is 0.243 e. The molecule has 138 valence electrons. The third-order valence-electron chi connectivity index (χ3n) is 4.77. The number of benzene rings is 2. The lowest BCUT2D eigenvalue weighted by Gasteiger charge is -2.19. The van der Waals surface area contributed by atoms with Crippen molar-refractivity contribution in [3.8, 4) is 0 Å². The van der Waals surface area contributed by atoms with Gasteiger partial charge in [-0.15, -0.1) is 0 Å². The van der Waals surface area contributed by atoms with Gasteiger partial charge in [0.25, 0.3) is 0 Å². The van der Waals surface area contributed by atoms with Crippen LogP contribution in [0.3, 0.4) is 0 Å². The molecule has 3 rings (SSSR count). The minimum absolute atomic E-state index is 0.0910. The van der Waals surface area contributed by atoms with Gasteiger partial charge in [0.05, 0.1) is 4.90 Å². The fourth-order valence-electron chi connectivity index (χ4n) is 3.12. The summed E-state index contributed by atoms with van der Waals surface area (Å²) in [5, 5.41) is 0. The molecule has 1 amide bonds. The third-order valence-corrected chi connectivity index (χ3v) is 6.58. The molecule has 1 saturated heterocycles. The Bertz CT molecular complexity index is 874. The van der Waals surface area contributed by atoms with Crippen LogP contribution in [-0.2, 0) is 27.8 Å². The molecule has 1 aliphatic heterocycles. The quantitative estimate of drug-likeness (QED) is 0.782. The molecule has 0 aliphatic carbocycles. The van der Waals surface area contributed by atoms with Crippen LogP contribution in [0.5, 0.6) is 0 Å². The number of amides is 1. The van der Waals surface area contributed by atoms with Crippen molar-refractivity contribution in [2.45, 2.75) is 37.6 Å². The standard InChI is InChI=1S/C20H24N2O3S/c1-3-16-6-8-17(9-7-16)15-21(2)26(24,25)19-12-10-18(11-13-19)22-14-4-5-20(22)23/h6-13H,3-5,14-15H2,1-2H3. The van der Waals surface area contributed by atoms with Crippen molar-refractivity contribution in [2.75, 3.05) is 18.5 Å². The van der Waals surface area contributed by atoms with Crippen molar-refractivity contribution in [1.82, 2.24) is 4.31 Å². The van der Waals surface area contributed by atoms with E-state index in [2.05, 4.69) is 6.92 Å². The number of rotatable bonds is 6. The van der Waals surface area contributed by atoms with Crippen molar-refractivity contribution in [3.05, 3.63) is 59.7 Å². The van der Waals surface area contributed by atoms with Gasteiger partial charge >= 0.3 is 0 Å². The molecule has 0 spiro atoms. The van der Waals surface area contributed by atoms with Crippen LogP contribution in [0, 0.1) is 0 Å². The average Bonchev–Trinajstić information content (AvgIpc) is 3.08. The molecule has 1 aliphatic rings. The Balaban J connectivity index is 1.74. The Hall–Kier alpha value is -2.18. The molecule has 0 aromatic heterocycles. The van der Waals surface area contributed by atoms with Gasteiger partial charge in [0.2, 0.25) is 15.9 Å². The molecule has 1 heterocycles. The molecule has 26 heavy (non-hydrogen) atoms. The lowest BCUT2D eigenvalue weighted by molar-refractivity contribution is -0.117. The fourth-order valence-corrected chi connectivity index (χ4v) is 4.28. The number of hydrogen-bond acceptors (Lipinski definition) is 3. The van der Waals surface area contributed by atoms with Gasteiger partial charge in [-0.3, -0.25) is 4.79 Å². The molecule has 0 atom stereocenters. The van der Waals surface area contributed by atoms with Crippen molar-refractivity contribution >= 4 is 21.6 Å². The number of aryl methyl sites for hydroxylation is 1. The van der Waals surface area contributed by atoms with E-state index in [4.69, 9.17) is 0 Å². The number of hydrogen-bond donors (Lipinski definition) is 0. The van der Waals surface area contributed by atoms with Crippen LogP contribution in [0.4, 0.5) is 5.69 Å². The van der Waals surface area contributed by atoms with E-state index in [1.807, 2.05) is 24.3 Å². The second-order valence-corrected chi connectivity index (χ2v) is 8.62. The molecule has 0 N–H and O–H groups in total. The van der Waals surface area contributed by atoms with Crippen molar-refractivity contribution < 1.29 is 13.2 Å². The molecule has 0 saturated carbocycles. The predicted molar refractivity (Wildman–Crippen MR) is 103 cm³/mol. The Morgan fingerprint density at radius 1 is 1.00 bits per heavy atom. The summed E-state index contributed by atoms with van der Waals surface area (Å²) in [5.41, 5.74) is 2.93. The molecular weight excluding hydrogens is 348 g/mol. The lowest BCUT2D eigenvalue weighted by Crippen LogP contribution is -2.27. The van der Waals surface area contributed by atoms with Crippen molar-refractivity contribution in [1.29, 1.82) is 0 Å². The molecule has 2 aromatic carbocycles. The summed E-state index contributed by atoms with van der Waals surface area (Å²) in [4.78, 5) is 13.8. The van der Waals surface area contributed by atoms with Gasteiger partial charge in [0.1, 0.15) is 0 Å². The van der Waals surface area contributed by atoms with Gasteiger partial charge in [0, 0.05) is 32.2 Å². The second kappa shape index (κ2) is 7.60. The third kappa shape index (κ3) is 3.81. The number of sulfonamides is 1. The van der Waals surface area contributed by atoms with E-state index in [1.54, 1.807) is 36.2 Å². The zero-order chi connectivity index (χ0) is 18.7. The summed E-state index contributed by atoms with van der Waals surface area (Å²) in [6, 6.07) is 14.6. The summed E-state index contributed by atoms with van der Waals surface area (Å²) in [5.74, 6) is 0.0910. The van der Waals surface area contributed by atoms with E-state index >= 15 is 0 Å². The normalized spacial score (nSPS) is 15.0. The Morgan fingerprint density at radius 2 is 1.62 bits per heavy atom. The highest BCUT2D eigenvalue weighted by Gasteiger charge is 2.24. The maximum Gasteiger partial charge on any atom is 0.243 e. The van der Waals surface area contributed by atoms with E-state index in [9.17, 15) is 13.2 Å². The molecule has 1 fully saturated rings.